The van der Waals surface area contributed by atoms with E-state index in [1.54, 1.807) is 0 Å². The molecule has 0 spiro atoms. The van der Waals surface area contributed by atoms with E-state index in [9.17, 15) is 0 Å². The molecule has 12 heavy (non-hydrogen) atoms. The van der Waals surface area contributed by atoms with Gasteiger partial charge in [-0.1, -0.05) is 34.6 Å². The maximum Gasteiger partial charge on any atom is 0.0569 e. The van der Waals surface area contributed by atoms with Crippen LogP contribution in [-0.4, -0.2) is 12.7 Å². The smallest absolute Gasteiger partial charge is 0.0569 e. The summed E-state index contributed by atoms with van der Waals surface area (Å²) in [5, 5.41) is 0. The number of hydrogen-bond acceptors (Lipinski definition) is 1. The Morgan fingerprint density at radius 1 is 1.08 bits per heavy atom. The zero-order valence-corrected chi connectivity index (χ0v) is 9.48. The Balaban J connectivity index is 3.44. The molecular formula is C11H24O. The van der Waals surface area contributed by atoms with Crippen LogP contribution in [0.25, 0.3) is 0 Å². The molecule has 0 fully saturated rings. The van der Waals surface area contributed by atoms with Gasteiger partial charge in [0.1, 0.15) is 0 Å². The van der Waals surface area contributed by atoms with Crippen molar-refractivity contribution in [3.05, 3.63) is 0 Å². The maximum absolute atomic E-state index is 5.68. The molecule has 74 valence electrons. The van der Waals surface area contributed by atoms with Crippen molar-refractivity contribution < 1.29 is 4.74 Å². The third-order valence-corrected chi connectivity index (χ3v) is 2.17. The third kappa shape index (κ3) is 6.66. The number of ether oxygens (including phenoxy) is 1. The zero-order chi connectivity index (χ0) is 9.78. The maximum atomic E-state index is 5.68. The Labute approximate surface area is 77.5 Å². The molecule has 0 aromatic heterocycles. The minimum absolute atomic E-state index is 0.396. The van der Waals surface area contributed by atoms with Gasteiger partial charge in [0.25, 0.3) is 0 Å². The summed E-state index contributed by atoms with van der Waals surface area (Å²) < 4.78 is 5.68. The number of hydrogen-bond donors (Lipinski definition) is 0. The largest absolute Gasteiger partial charge is 0.378 e. The average molecular weight is 172 g/mol. The van der Waals surface area contributed by atoms with E-state index in [1.807, 2.05) is 0 Å². The highest BCUT2D eigenvalue weighted by Gasteiger charge is 2.12. The minimum Gasteiger partial charge on any atom is -0.378 e. The van der Waals surface area contributed by atoms with E-state index in [0.29, 0.717) is 17.4 Å². The SMILES string of the molecule is CC(C)C(C)OCCC(C)(C)C. The Bertz CT molecular complexity index is 111. The highest BCUT2D eigenvalue weighted by molar-refractivity contribution is 4.61. The van der Waals surface area contributed by atoms with Gasteiger partial charge in [0.2, 0.25) is 0 Å². The summed E-state index contributed by atoms with van der Waals surface area (Å²) in [5.74, 6) is 0.630. The fourth-order valence-corrected chi connectivity index (χ4v) is 0.743. The van der Waals surface area contributed by atoms with E-state index >= 15 is 0 Å². The van der Waals surface area contributed by atoms with Crippen molar-refractivity contribution in [2.45, 2.75) is 54.1 Å². The lowest BCUT2D eigenvalue weighted by Gasteiger charge is -2.21. The van der Waals surface area contributed by atoms with Gasteiger partial charge < -0.3 is 4.74 Å². The lowest BCUT2D eigenvalue weighted by molar-refractivity contribution is 0.0220. The van der Waals surface area contributed by atoms with Crippen molar-refractivity contribution in [3.8, 4) is 0 Å². The van der Waals surface area contributed by atoms with E-state index in [-0.39, 0.29) is 0 Å². The molecule has 0 aromatic carbocycles. The average Bonchev–Trinajstić information content (AvgIpc) is 1.84. The van der Waals surface area contributed by atoms with Crippen LogP contribution in [0.3, 0.4) is 0 Å². The van der Waals surface area contributed by atoms with Crippen molar-refractivity contribution >= 4 is 0 Å². The Morgan fingerprint density at radius 2 is 1.58 bits per heavy atom. The molecule has 0 bridgehead atoms. The minimum atomic E-state index is 0.396. The second-order valence-corrected chi connectivity index (χ2v) is 5.13. The van der Waals surface area contributed by atoms with Gasteiger partial charge in [-0.25, -0.2) is 0 Å². The van der Waals surface area contributed by atoms with Crippen LogP contribution in [0.15, 0.2) is 0 Å². The summed E-state index contributed by atoms with van der Waals surface area (Å²) in [7, 11) is 0. The number of rotatable bonds is 4. The molecule has 1 atom stereocenters. The Hall–Kier alpha value is -0.0400. The topological polar surface area (TPSA) is 9.23 Å². The van der Waals surface area contributed by atoms with E-state index in [4.69, 9.17) is 4.74 Å². The third-order valence-electron chi connectivity index (χ3n) is 2.17. The van der Waals surface area contributed by atoms with Gasteiger partial charge in [0.05, 0.1) is 6.10 Å². The summed E-state index contributed by atoms with van der Waals surface area (Å²) in [5.41, 5.74) is 0.400. The molecule has 0 saturated heterocycles. The van der Waals surface area contributed by atoms with Gasteiger partial charge >= 0.3 is 0 Å². The summed E-state index contributed by atoms with van der Waals surface area (Å²) in [6, 6.07) is 0. The predicted molar refractivity (Wildman–Crippen MR) is 54.3 cm³/mol. The van der Waals surface area contributed by atoms with E-state index < -0.39 is 0 Å². The van der Waals surface area contributed by atoms with Gasteiger partial charge in [-0.3, -0.25) is 0 Å². The van der Waals surface area contributed by atoms with Crippen LogP contribution in [0.1, 0.15) is 48.0 Å². The van der Waals surface area contributed by atoms with Crippen LogP contribution in [-0.2, 0) is 4.74 Å². The van der Waals surface area contributed by atoms with Crippen LogP contribution in [0.2, 0.25) is 0 Å². The molecule has 1 nitrogen and oxygen atoms in total. The predicted octanol–water partition coefficient (Wildman–Crippen LogP) is 3.48. The molecule has 0 heterocycles. The van der Waals surface area contributed by atoms with E-state index in [0.717, 1.165) is 13.0 Å². The van der Waals surface area contributed by atoms with Crippen molar-refractivity contribution in [3.63, 3.8) is 0 Å². The molecule has 0 aliphatic carbocycles. The molecule has 0 radical (unpaired) electrons. The fourth-order valence-electron chi connectivity index (χ4n) is 0.743. The first-order valence-electron chi connectivity index (χ1n) is 4.94. The van der Waals surface area contributed by atoms with Gasteiger partial charge in [-0.05, 0) is 24.7 Å². The van der Waals surface area contributed by atoms with Crippen molar-refractivity contribution in [1.29, 1.82) is 0 Å². The Kier molecular flexibility index (Phi) is 4.84. The molecule has 0 aliphatic heterocycles. The highest BCUT2D eigenvalue weighted by Crippen LogP contribution is 2.19. The van der Waals surface area contributed by atoms with Crippen LogP contribution >= 0.6 is 0 Å². The first-order chi connectivity index (χ1) is 5.33. The molecule has 0 N–H and O–H groups in total. The second kappa shape index (κ2) is 4.86. The van der Waals surface area contributed by atoms with Crippen LogP contribution in [0.5, 0.6) is 0 Å². The van der Waals surface area contributed by atoms with Gasteiger partial charge in [-0.15, -0.1) is 0 Å². The van der Waals surface area contributed by atoms with Crippen molar-refractivity contribution in [1.82, 2.24) is 0 Å². The summed E-state index contributed by atoms with van der Waals surface area (Å²) in [6.07, 6.45) is 1.54. The normalized spacial score (nSPS) is 15.2. The van der Waals surface area contributed by atoms with Gasteiger partial charge in [0.15, 0.2) is 0 Å². The second-order valence-electron chi connectivity index (χ2n) is 5.13. The molecule has 1 unspecified atom stereocenters. The van der Waals surface area contributed by atoms with Crippen molar-refractivity contribution in [2.24, 2.45) is 11.3 Å². The fraction of sp³-hybridized carbons (Fsp3) is 1.00. The van der Waals surface area contributed by atoms with E-state index in [1.165, 1.54) is 0 Å². The molecule has 1 heteroatoms. The zero-order valence-electron chi connectivity index (χ0n) is 9.48. The molecule has 0 aliphatic rings. The van der Waals surface area contributed by atoms with Crippen LogP contribution in [0, 0.1) is 11.3 Å². The lowest BCUT2D eigenvalue weighted by Crippen LogP contribution is -2.18. The first-order valence-corrected chi connectivity index (χ1v) is 4.94. The molecule has 0 rings (SSSR count). The summed E-state index contributed by atoms with van der Waals surface area (Å²) >= 11 is 0. The summed E-state index contributed by atoms with van der Waals surface area (Å²) in [4.78, 5) is 0. The molecule has 0 aromatic rings. The molecular weight excluding hydrogens is 148 g/mol. The highest BCUT2D eigenvalue weighted by atomic mass is 16.5. The van der Waals surface area contributed by atoms with E-state index in [2.05, 4.69) is 41.5 Å². The monoisotopic (exact) mass is 172 g/mol. The van der Waals surface area contributed by atoms with Crippen LogP contribution in [0.4, 0.5) is 0 Å². The van der Waals surface area contributed by atoms with Gasteiger partial charge in [0, 0.05) is 6.61 Å². The first kappa shape index (κ1) is 12.0. The molecule has 0 amide bonds. The standard InChI is InChI=1S/C11H24O/c1-9(2)10(3)12-8-7-11(4,5)6/h9-10H,7-8H2,1-6H3. The lowest BCUT2D eigenvalue weighted by atomic mass is 9.93. The molecule has 0 saturated carbocycles. The summed E-state index contributed by atoms with van der Waals surface area (Å²) in [6.45, 7) is 14.2. The van der Waals surface area contributed by atoms with Gasteiger partial charge in [-0.2, -0.15) is 0 Å². The Morgan fingerprint density at radius 3 is 1.92 bits per heavy atom. The van der Waals surface area contributed by atoms with Crippen molar-refractivity contribution in [2.75, 3.05) is 6.61 Å². The quantitative estimate of drug-likeness (QED) is 0.631. The van der Waals surface area contributed by atoms with Crippen LogP contribution < -0.4 is 0 Å².